The fourth-order valence-corrected chi connectivity index (χ4v) is 6.53. The van der Waals surface area contributed by atoms with E-state index < -0.39 is 48.0 Å². The first-order valence-corrected chi connectivity index (χ1v) is 15.6. The van der Waals surface area contributed by atoms with E-state index in [1.54, 1.807) is 31.3 Å². The molecule has 3 amide bonds. The third-order valence-corrected chi connectivity index (χ3v) is 8.77. The minimum Gasteiger partial charge on any atom is -0.406 e. The zero-order chi connectivity index (χ0) is 34.0. The van der Waals surface area contributed by atoms with E-state index in [1.165, 1.54) is 21.9 Å². The summed E-state index contributed by atoms with van der Waals surface area (Å²) >= 11 is 0. The molecule has 0 radical (unpaired) electrons. The number of hydrogen-bond donors (Lipinski definition) is 1. The van der Waals surface area contributed by atoms with Crippen molar-refractivity contribution in [1.82, 2.24) is 14.8 Å². The highest BCUT2D eigenvalue weighted by Gasteiger charge is 2.43. The van der Waals surface area contributed by atoms with Gasteiger partial charge in [0.15, 0.2) is 0 Å². The molecule has 0 saturated carbocycles. The number of pyridine rings is 1. The molecule has 0 unspecified atom stereocenters. The van der Waals surface area contributed by atoms with Crippen LogP contribution in [0.2, 0.25) is 0 Å². The molecule has 11 heteroatoms. The molecule has 0 spiro atoms. The molecule has 4 aromatic carbocycles. The van der Waals surface area contributed by atoms with E-state index in [-0.39, 0.29) is 24.9 Å². The summed E-state index contributed by atoms with van der Waals surface area (Å²) in [6.45, 7) is 1.88. The summed E-state index contributed by atoms with van der Waals surface area (Å²) in [5.74, 6) is -2.30. The summed E-state index contributed by atoms with van der Waals surface area (Å²) in [6, 6.07) is 24.5. The number of primary amides is 1. The maximum Gasteiger partial charge on any atom is 0.573 e. The lowest BCUT2D eigenvalue weighted by Gasteiger charge is -2.36. The van der Waals surface area contributed by atoms with Crippen molar-refractivity contribution in [1.29, 1.82) is 0 Å². The van der Waals surface area contributed by atoms with Gasteiger partial charge < -0.3 is 20.3 Å². The second kappa shape index (κ2) is 13.3. The predicted molar refractivity (Wildman–Crippen MR) is 175 cm³/mol. The van der Waals surface area contributed by atoms with Gasteiger partial charge in [0.05, 0.1) is 11.9 Å². The number of nitrogens with zero attached hydrogens (tertiary/aromatic N) is 3. The zero-order valence-corrected chi connectivity index (χ0v) is 26.1. The van der Waals surface area contributed by atoms with Crippen LogP contribution >= 0.6 is 0 Å². The quantitative estimate of drug-likeness (QED) is 0.217. The number of amides is 3. The minimum absolute atomic E-state index is 0.0764. The molecule has 5 aromatic rings. The van der Waals surface area contributed by atoms with Crippen molar-refractivity contribution in [3.63, 3.8) is 0 Å². The van der Waals surface area contributed by atoms with E-state index in [0.717, 1.165) is 39.4 Å². The predicted octanol–water partition coefficient (Wildman–Crippen LogP) is 6.12. The summed E-state index contributed by atoms with van der Waals surface area (Å²) < 4.78 is 43.9. The van der Waals surface area contributed by atoms with Crippen LogP contribution in [0.1, 0.15) is 36.1 Å². The Balaban J connectivity index is 1.40. The number of nitrogens with two attached hydrogens (primary N) is 1. The number of ether oxygens (including phenoxy) is 1. The molecule has 3 atom stereocenters. The highest BCUT2D eigenvalue weighted by atomic mass is 19.4. The van der Waals surface area contributed by atoms with E-state index in [1.807, 2.05) is 54.6 Å². The van der Waals surface area contributed by atoms with Crippen LogP contribution in [0.5, 0.6) is 5.75 Å². The van der Waals surface area contributed by atoms with Gasteiger partial charge in [-0.25, -0.2) is 0 Å². The number of carbonyl (C=O) groups excluding carboxylic acids is 3. The molecule has 6 rings (SSSR count). The zero-order valence-electron chi connectivity index (χ0n) is 26.1. The van der Waals surface area contributed by atoms with Crippen LogP contribution in [0.4, 0.5) is 13.2 Å². The molecule has 8 nitrogen and oxygen atoms in total. The van der Waals surface area contributed by atoms with Crippen LogP contribution in [0.25, 0.3) is 21.7 Å². The summed E-state index contributed by atoms with van der Waals surface area (Å²) in [6.07, 6.45) is -2.97. The van der Waals surface area contributed by atoms with Gasteiger partial charge in [-0.05, 0) is 71.1 Å². The van der Waals surface area contributed by atoms with E-state index in [2.05, 4.69) is 9.72 Å². The lowest BCUT2D eigenvalue weighted by molar-refractivity contribution is -0.274. The van der Waals surface area contributed by atoms with Crippen molar-refractivity contribution in [2.75, 3.05) is 6.54 Å². The highest BCUT2D eigenvalue weighted by molar-refractivity contribution is 5.94. The monoisotopic (exact) mass is 654 g/mol. The normalized spacial score (nSPS) is 17.7. The van der Waals surface area contributed by atoms with E-state index >= 15 is 0 Å². The fraction of sp³-hybridized carbons (Fsp3) is 0.243. The maximum atomic E-state index is 14.7. The first-order valence-electron chi connectivity index (χ1n) is 15.6. The smallest absolute Gasteiger partial charge is 0.406 e. The summed E-state index contributed by atoms with van der Waals surface area (Å²) in [7, 11) is 0. The van der Waals surface area contributed by atoms with Crippen LogP contribution in [-0.2, 0) is 27.2 Å². The molecule has 1 aliphatic rings. The van der Waals surface area contributed by atoms with Crippen LogP contribution < -0.4 is 10.5 Å². The third kappa shape index (κ3) is 6.95. The number of fused-ring (bicyclic) bond motifs is 2. The van der Waals surface area contributed by atoms with Gasteiger partial charge >= 0.3 is 6.36 Å². The Hall–Kier alpha value is -5.45. The Bertz CT molecular complexity index is 1990. The molecule has 48 heavy (non-hydrogen) atoms. The van der Waals surface area contributed by atoms with E-state index in [4.69, 9.17) is 5.73 Å². The van der Waals surface area contributed by atoms with Crippen LogP contribution in [-0.4, -0.2) is 57.5 Å². The van der Waals surface area contributed by atoms with Crippen molar-refractivity contribution in [2.45, 2.75) is 50.7 Å². The van der Waals surface area contributed by atoms with Gasteiger partial charge in [0, 0.05) is 30.6 Å². The molecular formula is C37H33F3N4O4. The van der Waals surface area contributed by atoms with Crippen molar-refractivity contribution in [2.24, 2.45) is 5.73 Å². The van der Waals surface area contributed by atoms with Gasteiger partial charge in [-0.15, -0.1) is 13.2 Å². The molecule has 1 aliphatic heterocycles. The van der Waals surface area contributed by atoms with Crippen LogP contribution in [0.15, 0.2) is 103 Å². The largest absolute Gasteiger partial charge is 0.573 e. The van der Waals surface area contributed by atoms with Crippen molar-refractivity contribution in [3.8, 4) is 5.75 Å². The van der Waals surface area contributed by atoms with Gasteiger partial charge in [0.1, 0.15) is 17.8 Å². The van der Waals surface area contributed by atoms with Gasteiger partial charge in [-0.2, -0.15) is 0 Å². The van der Waals surface area contributed by atoms with Gasteiger partial charge in [0.25, 0.3) is 5.91 Å². The molecule has 246 valence electrons. The van der Waals surface area contributed by atoms with Crippen LogP contribution in [0.3, 0.4) is 0 Å². The summed E-state index contributed by atoms with van der Waals surface area (Å²) in [4.78, 5) is 49.1. The molecule has 0 bridgehead atoms. The molecule has 0 aliphatic carbocycles. The first-order chi connectivity index (χ1) is 23.0. The Morgan fingerprint density at radius 3 is 2.50 bits per heavy atom. The van der Waals surface area contributed by atoms with Gasteiger partial charge in [-0.3, -0.25) is 19.4 Å². The molecule has 2 N–H and O–H groups in total. The van der Waals surface area contributed by atoms with E-state index in [0.29, 0.717) is 12.0 Å². The number of halogens is 3. The highest BCUT2D eigenvalue weighted by Crippen LogP contribution is 2.35. The Morgan fingerprint density at radius 1 is 0.958 bits per heavy atom. The van der Waals surface area contributed by atoms with Gasteiger partial charge in [-0.1, -0.05) is 66.7 Å². The number of rotatable bonds is 8. The minimum atomic E-state index is -4.97. The molecule has 2 heterocycles. The fourth-order valence-electron chi connectivity index (χ4n) is 6.53. The number of hydrogen-bond acceptors (Lipinski definition) is 5. The first kappa shape index (κ1) is 32.5. The Labute approximate surface area is 274 Å². The van der Waals surface area contributed by atoms with E-state index in [9.17, 15) is 27.6 Å². The molecule has 1 saturated heterocycles. The lowest BCUT2D eigenvalue weighted by Crippen LogP contribution is -2.52. The second-order valence-corrected chi connectivity index (χ2v) is 12.0. The Kier molecular flexibility index (Phi) is 9.03. The average Bonchev–Trinajstić information content (AvgIpc) is 3.18. The SMILES string of the molecule is C[C@@H]1CCN([C@H](Cc2cccc3ccccc23)C(N)=O)C(=O)[C@H](c2cccc(OC(F)(F)F)c2)N1C(=O)Cc1ccc2ncccc2c1. The number of aromatic nitrogens is 1. The lowest BCUT2D eigenvalue weighted by atomic mass is 9.96. The van der Waals surface area contributed by atoms with Crippen molar-refractivity contribution < 1.29 is 32.3 Å². The summed E-state index contributed by atoms with van der Waals surface area (Å²) in [5, 5.41) is 2.69. The molecule has 1 aromatic heterocycles. The number of benzene rings is 4. The molecule has 1 fully saturated rings. The van der Waals surface area contributed by atoms with Crippen molar-refractivity contribution in [3.05, 3.63) is 120 Å². The topological polar surface area (TPSA) is 106 Å². The second-order valence-electron chi connectivity index (χ2n) is 12.0. The molecular weight excluding hydrogens is 621 g/mol. The average molecular weight is 655 g/mol. The summed E-state index contributed by atoms with van der Waals surface area (Å²) in [5.41, 5.74) is 8.32. The van der Waals surface area contributed by atoms with Crippen LogP contribution in [0, 0.1) is 0 Å². The number of carbonyl (C=O) groups is 3. The third-order valence-electron chi connectivity index (χ3n) is 8.77. The Morgan fingerprint density at radius 2 is 1.71 bits per heavy atom. The van der Waals surface area contributed by atoms with Crippen molar-refractivity contribution >= 4 is 39.4 Å². The maximum absolute atomic E-state index is 14.7. The number of alkyl halides is 3. The van der Waals surface area contributed by atoms with Gasteiger partial charge in [0.2, 0.25) is 11.8 Å². The standard InChI is InChI=1S/C37H33F3N4O4/c1-23-16-18-43(32(35(41)46)22-26-9-4-8-25-7-2-3-13-30(25)26)36(47)34(28-10-5-12-29(21-28)48-37(38,39)40)44(23)33(45)20-24-14-15-31-27(19-24)11-6-17-42-31/h2-15,17,19,21,23,32,34H,16,18,20,22H2,1H3,(H2,41,46)/t23-,32-,34+/m1/s1.